The fourth-order valence-electron chi connectivity index (χ4n) is 4.16. The minimum atomic E-state index is 0.0114. The molecule has 2 aromatic rings. The molecule has 2 aliphatic rings. The highest BCUT2D eigenvalue weighted by atomic mass is 16.5. The van der Waals surface area contributed by atoms with Gasteiger partial charge in [-0.15, -0.1) is 0 Å². The number of likely N-dealkylation sites (tertiary alicyclic amines) is 1. The van der Waals surface area contributed by atoms with Gasteiger partial charge < -0.3 is 9.64 Å². The number of amides is 1. The summed E-state index contributed by atoms with van der Waals surface area (Å²) >= 11 is 0. The molecule has 1 amide bonds. The van der Waals surface area contributed by atoms with Crippen molar-refractivity contribution in [3.8, 4) is 17.0 Å². The molecule has 1 aromatic heterocycles. The molecule has 3 atom stereocenters. The highest BCUT2D eigenvalue weighted by molar-refractivity contribution is 5.80. The Hall–Kier alpha value is -2.44. The Kier molecular flexibility index (Phi) is 5.59. The lowest BCUT2D eigenvalue weighted by molar-refractivity contribution is -0.136. The number of pyridine rings is 1. The SMILES string of the molecule is COc1ccc(-c2cccc(C3CCCN(C(=O)C4CNNC4C)C3)n2)cc1. The smallest absolute Gasteiger partial charge is 0.228 e. The van der Waals surface area contributed by atoms with E-state index in [1.165, 1.54) is 0 Å². The molecule has 28 heavy (non-hydrogen) atoms. The van der Waals surface area contributed by atoms with E-state index in [2.05, 4.69) is 29.9 Å². The van der Waals surface area contributed by atoms with E-state index >= 15 is 0 Å². The van der Waals surface area contributed by atoms with Gasteiger partial charge in [-0.05, 0) is 56.2 Å². The molecule has 1 aromatic carbocycles. The van der Waals surface area contributed by atoms with Crippen LogP contribution in [0.3, 0.4) is 0 Å². The maximum absolute atomic E-state index is 13.0. The van der Waals surface area contributed by atoms with Gasteiger partial charge in [-0.25, -0.2) is 0 Å². The van der Waals surface area contributed by atoms with Crippen LogP contribution in [0, 0.1) is 5.92 Å². The average molecular weight is 380 g/mol. The van der Waals surface area contributed by atoms with Crippen molar-refractivity contribution in [2.45, 2.75) is 31.7 Å². The normalized spacial score (nSPS) is 24.9. The van der Waals surface area contributed by atoms with Crippen molar-refractivity contribution in [1.29, 1.82) is 0 Å². The molecule has 4 rings (SSSR count). The molecule has 2 aliphatic heterocycles. The predicted octanol–water partition coefficient (Wildman–Crippen LogP) is 2.58. The second-order valence-electron chi connectivity index (χ2n) is 7.72. The molecule has 0 saturated carbocycles. The van der Waals surface area contributed by atoms with Gasteiger partial charge in [0.2, 0.25) is 5.91 Å². The second kappa shape index (κ2) is 8.29. The number of carbonyl (C=O) groups is 1. The van der Waals surface area contributed by atoms with Gasteiger partial charge in [0, 0.05) is 42.9 Å². The summed E-state index contributed by atoms with van der Waals surface area (Å²) in [6.45, 7) is 4.36. The molecule has 3 unspecified atom stereocenters. The third-order valence-corrected chi connectivity index (χ3v) is 5.88. The molecule has 0 spiro atoms. The third kappa shape index (κ3) is 3.88. The van der Waals surface area contributed by atoms with Gasteiger partial charge in [-0.3, -0.25) is 20.6 Å². The molecule has 6 heteroatoms. The van der Waals surface area contributed by atoms with Crippen LogP contribution in [0.1, 0.15) is 31.4 Å². The van der Waals surface area contributed by atoms with Crippen molar-refractivity contribution in [2.75, 3.05) is 26.7 Å². The number of benzene rings is 1. The van der Waals surface area contributed by atoms with E-state index in [4.69, 9.17) is 9.72 Å². The molecular formula is C22H28N4O2. The van der Waals surface area contributed by atoms with E-state index in [1.54, 1.807) is 7.11 Å². The Morgan fingerprint density at radius 2 is 2.04 bits per heavy atom. The van der Waals surface area contributed by atoms with Crippen LogP contribution in [-0.2, 0) is 4.79 Å². The minimum Gasteiger partial charge on any atom is -0.497 e. The number of aromatic nitrogens is 1. The summed E-state index contributed by atoms with van der Waals surface area (Å²) in [6, 6.07) is 14.3. The van der Waals surface area contributed by atoms with Crippen molar-refractivity contribution in [3.05, 3.63) is 48.2 Å². The largest absolute Gasteiger partial charge is 0.497 e. The highest BCUT2D eigenvalue weighted by Crippen LogP contribution is 2.29. The molecule has 2 fully saturated rings. The zero-order valence-corrected chi connectivity index (χ0v) is 16.5. The van der Waals surface area contributed by atoms with Crippen LogP contribution in [0.25, 0.3) is 11.3 Å². The fourth-order valence-corrected chi connectivity index (χ4v) is 4.16. The highest BCUT2D eigenvalue weighted by Gasteiger charge is 2.35. The molecule has 0 aliphatic carbocycles. The number of nitrogens with zero attached hydrogens (tertiary/aromatic N) is 2. The quantitative estimate of drug-likeness (QED) is 0.853. The molecule has 0 bridgehead atoms. The zero-order chi connectivity index (χ0) is 19.5. The fraction of sp³-hybridized carbons (Fsp3) is 0.455. The number of hydrazine groups is 1. The van der Waals surface area contributed by atoms with E-state index < -0.39 is 0 Å². The van der Waals surface area contributed by atoms with Crippen LogP contribution < -0.4 is 15.6 Å². The number of hydrogen-bond acceptors (Lipinski definition) is 5. The van der Waals surface area contributed by atoms with Crippen LogP contribution >= 0.6 is 0 Å². The van der Waals surface area contributed by atoms with E-state index in [0.717, 1.165) is 48.6 Å². The summed E-state index contributed by atoms with van der Waals surface area (Å²) in [6.07, 6.45) is 2.09. The molecule has 0 radical (unpaired) electrons. The van der Waals surface area contributed by atoms with E-state index in [1.807, 2.05) is 35.2 Å². The standard InChI is InChI=1S/C22H28N4O2/c1-15-19(13-23-25-15)22(27)26-12-4-5-17(14-26)21-7-3-6-20(24-21)16-8-10-18(28-2)11-9-16/h3,6-11,15,17,19,23,25H,4-5,12-14H2,1-2H3. The van der Waals surface area contributed by atoms with Crippen molar-refractivity contribution < 1.29 is 9.53 Å². The number of piperidine rings is 1. The lowest BCUT2D eigenvalue weighted by Crippen LogP contribution is -2.45. The summed E-state index contributed by atoms with van der Waals surface area (Å²) in [4.78, 5) is 19.9. The van der Waals surface area contributed by atoms with Crippen molar-refractivity contribution >= 4 is 5.91 Å². The van der Waals surface area contributed by atoms with Gasteiger partial charge in [-0.2, -0.15) is 0 Å². The molecular weight excluding hydrogens is 352 g/mol. The van der Waals surface area contributed by atoms with Crippen LogP contribution in [-0.4, -0.2) is 48.6 Å². The van der Waals surface area contributed by atoms with Gasteiger partial charge >= 0.3 is 0 Å². The van der Waals surface area contributed by atoms with Gasteiger partial charge in [0.15, 0.2) is 0 Å². The number of carbonyl (C=O) groups excluding carboxylic acids is 1. The first-order chi connectivity index (χ1) is 13.7. The van der Waals surface area contributed by atoms with Gasteiger partial charge in [0.25, 0.3) is 0 Å². The van der Waals surface area contributed by atoms with E-state index in [-0.39, 0.29) is 23.8 Å². The maximum Gasteiger partial charge on any atom is 0.228 e. The predicted molar refractivity (Wildman–Crippen MR) is 109 cm³/mol. The summed E-state index contributed by atoms with van der Waals surface area (Å²) in [5.41, 5.74) is 9.35. The first-order valence-corrected chi connectivity index (χ1v) is 10.0. The molecule has 6 nitrogen and oxygen atoms in total. The lowest BCUT2D eigenvalue weighted by atomic mass is 9.92. The summed E-state index contributed by atoms with van der Waals surface area (Å²) in [7, 11) is 1.67. The number of rotatable bonds is 4. The molecule has 2 saturated heterocycles. The van der Waals surface area contributed by atoms with Crippen LogP contribution in [0.15, 0.2) is 42.5 Å². The van der Waals surface area contributed by atoms with Gasteiger partial charge in [-0.1, -0.05) is 6.07 Å². The number of methoxy groups -OCH3 is 1. The second-order valence-corrected chi connectivity index (χ2v) is 7.72. The maximum atomic E-state index is 13.0. The first kappa shape index (κ1) is 18.9. The minimum absolute atomic E-state index is 0.0114. The summed E-state index contributed by atoms with van der Waals surface area (Å²) in [5.74, 6) is 1.39. The monoisotopic (exact) mass is 380 g/mol. The number of ether oxygens (including phenoxy) is 1. The Morgan fingerprint density at radius 3 is 2.75 bits per heavy atom. The Labute approximate surface area is 166 Å². The molecule has 2 N–H and O–H groups in total. The van der Waals surface area contributed by atoms with E-state index in [0.29, 0.717) is 6.54 Å². The molecule has 3 heterocycles. The Balaban J connectivity index is 1.49. The zero-order valence-electron chi connectivity index (χ0n) is 16.5. The number of hydrogen-bond donors (Lipinski definition) is 2. The molecule has 148 valence electrons. The average Bonchev–Trinajstić information content (AvgIpc) is 3.19. The number of nitrogens with one attached hydrogen (secondary N) is 2. The van der Waals surface area contributed by atoms with Crippen molar-refractivity contribution in [2.24, 2.45) is 5.92 Å². The van der Waals surface area contributed by atoms with Gasteiger partial charge in [0.05, 0.1) is 18.7 Å². The lowest BCUT2D eigenvalue weighted by Gasteiger charge is -2.34. The topological polar surface area (TPSA) is 66.5 Å². The van der Waals surface area contributed by atoms with E-state index in [9.17, 15) is 4.79 Å². The summed E-state index contributed by atoms with van der Waals surface area (Å²) < 4.78 is 5.24. The van der Waals surface area contributed by atoms with Crippen molar-refractivity contribution in [1.82, 2.24) is 20.7 Å². The summed E-state index contributed by atoms with van der Waals surface area (Å²) in [5, 5.41) is 0. The van der Waals surface area contributed by atoms with Crippen molar-refractivity contribution in [3.63, 3.8) is 0 Å². The first-order valence-electron chi connectivity index (χ1n) is 10.0. The van der Waals surface area contributed by atoms with Crippen LogP contribution in [0.5, 0.6) is 5.75 Å². The Bertz CT molecular complexity index is 824. The Morgan fingerprint density at radius 1 is 1.21 bits per heavy atom. The van der Waals surface area contributed by atoms with Crippen LogP contribution in [0.2, 0.25) is 0 Å². The van der Waals surface area contributed by atoms with Crippen LogP contribution in [0.4, 0.5) is 0 Å². The third-order valence-electron chi connectivity index (χ3n) is 5.88. The van der Waals surface area contributed by atoms with Gasteiger partial charge in [0.1, 0.15) is 5.75 Å².